The topological polar surface area (TPSA) is 77.2 Å². The van der Waals surface area contributed by atoms with Crippen molar-refractivity contribution in [3.05, 3.63) is 22.3 Å². The van der Waals surface area contributed by atoms with Gasteiger partial charge in [0.1, 0.15) is 5.82 Å². The van der Waals surface area contributed by atoms with Crippen LogP contribution in [0.1, 0.15) is 29.6 Å². The predicted molar refractivity (Wildman–Crippen MR) is 72.3 cm³/mol. The highest BCUT2D eigenvalue weighted by atomic mass is 79.9. The van der Waals surface area contributed by atoms with Crippen LogP contribution in [-0.4, -0.2) is 30.1 Å². The van der Waals surface area contributed by atoms with Gasteiger partial charge >= 0.3 is 0 Å². The maximum absolute atomic E-state index is 12.1. The van der Waals surface area contributed by atoms with Crippen LogP contribution in [0.5, 0.6) is 0 Å². The van der Waals surface area contributed by atoms with E-state index in [-0.39, 0.29) is 23.9 Å². The summed E-state index contributed by atoms with van der Waals surface area (Å²) < 4.78 is 6.01. The van der Waals surface area contributed by atoms with E-state index in [0.29, 0.717) is 5.56 Å². The number of hydrogen-bond acceptors (Lipinski definition) is 4. The number of methoxy groups -OCH3 is 1. The highest BCUT2D eigenvalue weighted by molar-refractivity contribution is 9.10. The number of aromatic nitrogens is 1. The van der Waals surface area contributed by atoms with Gasteiger partial charge in [0, 0.05) is 23.8 Å². The van der Waals surface area contributed by atoms with Crippen LogP contribution in [0.15, 0.2) is 16.7 Å². The fourth-order valence-corrected chi connectivity index (χ4v) is 2.51. The van der Waals surface area contributed by atoms with E-state index >= 15 is 0 Å². The molecule has 0 aromatic carbocycles. The Labute approximate surface area is 114 Å². The van der Waals surface area contributed by atoms with Crippen molar-refractivity contribution in [1.82, 2.24) is 10.3 Å². The molecule has 3 N–H and O–H groups in total. The van der Waals surface area contributed by atoms with Crippen molar-refractivity contribution in [2.75, 3.05) is 12.8 Å². The molecule has 0 aliphatic heterocycles. The predicted octanol–water partition coefficient (Wildman–Crippen LogP) is 1.72. The maximum Gasteiger partial charge on any atom is 0.255 e. The van der Waals surface area contributed by atoms with E-state index in [1.54, 1.807) is 19.4 Å². The number of carbonyl (C=O) groups is 1. The molecule has 1 heterocycles. The molecule has 2 unspecified atom stereocenters. The lowest BCUT2D eigenvalue weighted by molar-refractivity contribution is 0.0915. The average molecular weight is 314 g/mol. The second-order valence-electron chi connectivity index (χ2n) is 4.43. The first-order valence-electron chi connectivity index (χ1n) is 5.85. The van der Waals surface area contributed by atoms with E-state index in [0.717, 1.165) is 23.7 Å². The van der Waals surface area contributed by atoms with Gasteiger partial charge in [-0.2, -0.15) is 0 Å². The lowest BCUT2D eigenvalue weighted by Crippen LogP contribution is -2.34. The Morgan fingerprint density at radius 3 is 3.06 bits per heavy atom. The van der Waals surface area contributed by atoms with Gasteiger partial charge in [0.05, 0.1) is 11.7 Å². The van der Waals surface area contributed by atoms with Crippen molar-refractivity contribution in [2.24, 2.45) is 0 Å². The molecule has 0 bridgehead atoms. The average Bonchev–Trinajstić information content (AvgIpc) is 2.80. The Balaban J connectivity index is 2.02. The normalized spacial score (nSPS) is 23.0. The summed E-state index contributed by atoms with van der Waals surface area (Å²) in [5, 5.41) is 2.97. The fraction of sp³-hybridized carbons (Fsp3) is 0.500. The molecule has 0 spiro atoms. The molecule has 18 heavy (non-hydrogen) atoms. The van der Waals surface area contributed by atoms with Crippen LogP contribution in [0.3, 0.4) is 0 Å². The molecule has 1 aliphatic rings. The lowest BCUT2D eigenvalue weighted by atomic mass is 10.2. The third kappa shape index (κ3) is 3.00. The number of amides is 1. The SMILES string of the molecule is COC1CCC(NC(=O)c2cc(Br)cnc2N)C1. The molecule has 5 nitrogen and oxygen atoms in total. The van der Waals surface area contributed by atoms with Gasteiger partial charge in [-0.3, -0.25) is 4.79 Å². The molecule has 2 atom stereocenters. The summed E-state index contributed by atoms with van der Waals surface area (Å²) in [5.41, 5.74) is 6.11. The molecular weight excluding hydrogens is 298 g/mol. The van der Waals surface area contributed by atoms with Crippen LogP contribution >= 0.6 is 15.9 Å². The Bertz CT molecular complexity index is 453. The summed E-state index contributed by atoms with van der Waals surface area (Å²) in [6, 6.07) is 1.83. The molecule has 1 amide bonds. The van der Waals surface area contributed by atoms with E-state index < -0.39 is 0 Å². The summed E-state index contributed by atoms with van der Waals surface area (Å²) >= 11 is 3.28. The first-order valence-corrected chi connectivity index (χ1v) is 6.64. The maximum atomic E-state index is 12.1. The van der Waals surface area contributed by atoms with Crippen molar-refractivity contribution < 1.29 is 9.53 Å². The molecule has 98 valence electrons. The van der Waals surface area contributed by atoms with Crippen molar-refractivity contribution >= 4 is 27.7 Å². The largest absolute Gasteiger partial charge is 0.383 e. The summed E-state index contributed by atoms with van der Waals surface area (Å²) in [5.74, 6) is 0.0695. The van der Waals surface area contributed by atoms with Crippen molar-refractivity contribution in [3.63, 3.8) is 0 Å². The molecule has 2 rings (SSSR count). The molecule has 1 aromatic heterocycles. The van der Waals surface area contributed by atoms with Crippen molar-refractivity contribution in [2.45, 2.75) is 31.4 Å². The Kier molecular flexibility index (Phi) is 4.19. The summed E-state index contributed by atoms with van der Waals surface area (Å²) in [7, 11) is 1.70. The number of anilines is 1. The fourth-order valence-electron chi connectivity index (χ4n) is 2.18. The minimum atomic E-state index is -0.178. The number of nitrogens with one attached hydrogen (secondary N) is 1. The number of hydrogen-bond donors (Lipinski definition) is 2. The van der Waals surface area contributed by atoms with E-state index in [4.69, 9.17) is 10.5 Å². The second kappa shape index (κ2) is 5.67. The zero-order chi connectivity index (χ0) is 13.1. The number of nitrogens with zero attached hydrogens (tertiary/aromatic N) is 1. The molecular formula is C12H16BrN3O2. The van der Waals surface area contributed by atoms with Crippen molar-refractivity contribution in [1.29, 1.82) is 0 Å². The van der Waals surface area contributed by atoms with Crippen LogP contribution < -0.4 is 11.1 Å². The summed E-state index contributed by atoms with van der Waals surface area (Å²) in [6.45, 7) is 0. The molecule has 0 saturated heterocycles. The minimum absolute atomic E-state index is 0.154. The molecule has 1 aliphatic carbocycles. The third-order valence-electron chi connectivity index (χ3n) is 3.18. The monoisotopic (exact) mass is 313 g/mol. The smallest absolute Gasteiger partial charge is 0.255 e. The molecule has 1 aromatic rings. The Morgan fingerprint density at radius 2 is 2.39 bits per heavy atom. The summed E-state index contributed by atoms with van der Waals surface area (Å²) in [6.07, 6.45) is 4.58. The zero-order valence-electron chi connectivity index (χ0n) is 10.1. The lowest BCUT2D eigenvalue weighted by Gasteiger charge is -2.13. The van der Waals surface area contributed by atoms with Crippen LogP contribution in [0.25, 0.3) is 0 Å². The Morgan fingerprint density at radius 1 is 1.61 bits per heavy atom. The van der Waals surface area contributed by atoms with E-state index in [9.17, 15) is 4.79 Å². The van der Waals surface area contributed by atoms with Crippen LogP contribution in [0.2, 0.25) is 0 Å². The van der Waals surface area contributed by atoms with Gasteiger partial charge in [0.15, 0.2) is 0 Å². The number of rotatable bonds is 3. The van der Waals surface area contributed by atoms with E-state index in [1.165, 1.54) is 0 Å². The van der Waals surface area contributed by atoms with Gasteiger partial charge in [-0.05, 0) is 41.3 Å². The van der Waals surface area contributed by atoms with Crippen molar-refractivity contribution in [3.8, 4) is 0 Å². The van der Waals surface area contributed by atoms with Crippen LogP contribution in [0, 0.1) is 0 Å². The van der Waals surface area contributed by atoms with Gasteiger partial charge in [0.2, 0.25) is 0 Å². The number of pyridine rings is 1. The molecule has 0 radical (unpaired) electrons. The third-order valence-corrected chi connectivity index (χ3v) is 3.62. The first-order chi connectivity index (χ1) is 8.60. The molecule has 6 heteroatoms. The molecule has 1 saturated carbocycles. The number of halogens is 1. The van der Waals surface area contributed by atoms with E-state index in [2.05, 4.69) is 26.2 Å². The number of nitrogen functional groups attached to an aromatic ring is 1. The van der Waals surface area contributed by atoms with Gasteiger partial charge in [-0.1, -0.05) is 0 Å². The second-order valence-corrected chi connectivity index (χ2v) is 5.34. The van der Waals surface area contributed by atoms with Gasteiger partial charge in [0.25, 0.3) is 5.91 Å². The van der Waals surface area contributed by atoms with E-state index in [1.807, 2.05) is 0 Å². The Hall–Kier alpha value is -1.14. The quantitative estimate of drug-likeness (QED) is 0.890. The number of ether oxygens (including phenoxy) is 1. The van der Waals surface area contributed by atoms with Crippen LogP contribution in [-0.2, 0) is 4.74 Å². The molecule has 1 fully saturated rings. The summed E-state index contributed by atoms with van der Waals surface area (Å²) in [4.78, 5) is 16.0. The van der Waals surface area contributed by atoms with Gasteiger partial charge in [-0.25, -0.2) is 4.98 Å². The highest BCUT2D eigenvalue weighted by Crippen LogP contribution is 2.22. The van der Waals surface area contributed by atoms with Crippen LogP contribution in [0.4, 0.5) is 5.82 Å². The highest BCUT2D eigenvalue weighted by Gasteiger charge is 2.26. The minimum Gasteiger partial charge on any atom is -0.383 e. The number of carbonyl (C=O) groups excluding carboxylic acids is 1. The number of nitrogens with two attached hydrogens (primary N) is 1. The zero-order valence-corrected chi connectivity index (χ0v) is 11.7. The van der Waals surface area contributed by atoms with Gasteiger partial charge < -0.3 is 15.8 Å². The first kappa shape index (κ1) is 13.3. The standard InChI is InChI=1S/C12H16BrN3O2/c1-18-9-3-2-8(5-9)16-12(17)10-4-7(13)6-15-11(10)14/h4,6,8-9H,2-3,5H2,1H3,(H2,14,15)(H,16,17). The van der Waals surface area contributed by atoms with Gasteiger partial charge in [-0.15, -0.1) is 0 Å².